The zero-order valence-electron chi connectivity index (χ0n) is 6.56. The monoisotopic (exact) mass is 180 g/mol. The van der Waals surface area contributed by atoms with Crippen molar-refractivity contribution < 1.29 is 18.3 Å². The Hall–Kier alpha value is -0.250. The smallest absolute Gasteiger partial charge is 0.380 e. The van der Waals surface area contributed by atoms with Gasteiger partial charge in [0.25, 0.3) is 0 Å². The fourth-order valence-corrected chi connectivity index (χ4v) is 2.77. The van der Waals surface area contributed by atoms with Crippen molar-refractivity contribution in [2.45, 2.75) is 37.5 Å². The summed E-state index contributed by atoms with van der Waals surface area (Å²) in [6.07, 6.45) is -2.25. The lowest BCUT2D eigenvalue weighted by molar-refractivity contribution is -0.277. The molecule has 2 saturated carbocycles. The predicted molar refractivity (Wildman–Crippen MR) is 36.5 cm³/mol. The van der Waals surface area contributed by atoms with Gasteiger partial charge in [0.15, 0.2) is 5.60 Å². The van der Waals surface area contributed by atoms with E-state index in [1.54, 1.807) is 0 Å². The van der Waals surface area contributed by atoms with E-state index in [4.69, 9.17) is 0 Å². The molecule has 70 valence electrons. The van der Waals surface area contributed by atoms with Crippen LogP contribution in [0.25, 0.3) is 0 Å². The topological polar surface area (TPSA) is 20.2 Å². The summed E-state index contributed by atoms with van der Waals surface area (Å²) in [5.41, 5.74) is -2.34. The van der Waals surface area contributed by atoms with Gasteiger partial charge in [-0.25, -0.2) is 0 Å². The Balaban J connectivity index is 2.32. The third-order valence-corrected chi connectivity index (χ3v) is 3.43. The number of aliphatic hydroxyl groups is 1. The number of hydrogen-bond acceptors (Lipinski definition) is 1. The zero-order chi connectivity index (χ0) is 8.98. The van der Waals surface area contributed by atoms with Gasteiger partial charge in [-0.05, 0) is 37.5 Å². The molecular formula is C8H11F3O. The van der Waals surface area contributed by atoms with E-state index in [2.05, 4.69) is 0 Å². The Morgan fingerprint density at radius 2 is 1.33 bits per heavy atom. The van der Waals surface area contributed by atoms with E-state index < -0.39 is 23.6 Å². The molecule has 0 spiro atoms. The molecule has 0 aromatic rings. The third kappa shape index (κ3) is 0.789. The van der Waals surface area contributed by atoms with Gasteiger partial charge in [-0.3, -0.25) is 0 Å². The van der Waals surface area contributed by atoms with Gasteiger partial charge in [0.05, 0.1) is 0 Å². The van der Waals surface area contributed by atoms with Crippen LogP contribution in [0.3, 0.4) is 0 Å². The molecule has 2 aliphatic rings. The molecule has 0 atom stereocenters. The average Bonchev–Trinajstić information content (AvgIpc) is 2.45. The maximum atomic E-state index is 12.4. The Morgan fingerprint density at radius 3 is 1.50 bits per heavy atom. The van der Waals surface area contributed by atoms with E-state index >= 15 is 0 Å². The molecule has 0 saturated heterocycles. The first kappa shape index (κ1) is 8.35. The van der Waals surface area contributed by atoms with Crippen molar-refractivity contribution in [1.29, 1.82) is 0 Å². The summed E-state index contributed by atoms with van der Waals surface area (Å²) in [7, 11) is 0. The van der Waals surface area contributed by atoms with Crippen molar-refractivity contribution in [2.24, 2.45) is 11.8 Å². The van der Waals surface area contributed by atoms with E-state index in [-0.39, 0.29) is 0 Å². The van der Waals surface area contributed by atoms with Gasteiger partial charge in [0.2, 0.25) is 0 Å². The second-order valence-corrected chi connectivity index (χ2v) is 3.87. The zero-order valence-corrected chi connectivity index (χ0v) is 6.56. The molecule has 0 amide bonds. The van der Waals surface area contributed by atoms with Crippen molar-refractivity contribution in [3.8, 4) is 0 Å². The average molecular weight is 180 g/mol. The van der Waals surface area contributed by atoms with Crippen molar-refractivity contribution in [3.63, 3.8) is 0 Å². The second kappa shape index (κ2) is 2.16. The van der Waals surface area contributed by atoms with E-state index in [1.165, 1.54) is 0 Å². The number of alkyl halides is 3. The van der Waals surface area contributed by atoms with Gasteiger partial charge < -0.3 is 5.11 Å². The minimum atomic E-state index is -4.42. The summed E-state index contributed by atoms with van der Waals surface area (Å²) in [6, 6.07) is 0. The molecule has 0 radical (unpaired) electrons. The highest BCUT2D eigenvalue weighted by Gasteiger charge is 2.67. The number of fused-ring (bicyclic) bond motifs is 2. The molecule has 2 fully saturated rings. The van der Waals surface area contributed by atoms with Gasteiger partial charge in [0.1, 0.15) is 0 Å². The predicted octanol–water partition coefficient (Wildman–Crippen LogP) is 2.10. The highest BCUT2D eigenvalue weighted by molar-refractivity contribution is 5.08. The highest BCUT2D eigenvalue weighted by atomic mass is 19.4. The first-order valence-electron chi connectivity index (χ1n) is 4.25. The van der Waals surface area contributed by atoms with Crippen LogP contribution in [0, 0.1) is 11.8 Å². The van der Waals surface area contributed by atoms with Crippen LogP contribution in [0.4, 0.5) is 13.2 Å². The lowest BCUT2D eigenvalue weighted by Crippen LogP contribution is -2.49. The second-order valence-electron chi connectivity index (χ2n) is 3.87. The summed E-state index contributed by atoms with van der Waals surface area (Å²) in [4.78, 5) is 0. The minimum absolute atomic E-state index is 0.525. The minimum Gasteiger partial charge on any atom is -0.380 e. The lowest BCUT2D eigenvalue weighted by Gasteiger charge is -2.30. The van der Waals surface area contributed by atoms with E-state index in [9.17, 15) is 18.3 Å². The first-order chi connectivity index (χ1) is 5.46. The molecule has 0 aromatic carbocycles. The Morgan fingerprint density at radius 1 is 1.00 bits per heavy atom. The SMILES string of the molecule is OC1(C(F)(F)F)C2CCC1CC2. The van der Waals surface area contributed by atoms with Crippen LogP contribution in [0.2, 0.25) is 0 Å². The molecule has 0 aliphatic heterocycles. The van der Waals surface area contributed by atoms with Gasteiger partial charge >= 0.3 is 6.18 Å². The fraction of sp³-hybridized carbons (Fsp3) is 1.00. The molecule has 2 rings (SSSR count). The molecular weight excluding hydrogens is 169 g/mol. The van der Waals surface area contributed by atoms with Gasteiger partial charge in [-0.1, -0.05) is 0 Å². The summed E-state index contributed by atoms with van der Waals surface area (Å²) in [5, 5.41) is 9.50. The van der Waals surface area contributed by atoms with Crippen LogP contribution in [-0.4, -0.2) is 16.9 Å². The van der Waals surface area contributed by atoms with Crippen LogP contribution < -0.4 is 0 Å². The molecule has 2 bridgehead atoms. The van der Waals surface area contributed by atoms with Crippen LogP contribution in [-0.2, 0) is 0 Å². The van der Waals surface area contributed by atoms with Gasteiger partial charge in [-0.15, -0.1) is 0 Å². The maximum absolute atomic E-state index is 12.4. The van der Waals surface area contributed by atoms with Crippen LogP contribution in [0.5, 0.6) is 0 Å². The van der Waals surface area contributed by atoms with Crippen LogP contribution in [0.15, 0.2) is 0 Å². The van der Waals surface area contributed by atoms with Crippen molar-refractivity contribution in [3.05, 3.63) is 0 Å². The molecule has 12 heavy (non-hydrogen) atoms. The summed E-state index contributed by atoms with van der Waals surface area (Å²) >= 11 is 0. The Kier molecular flexibility index (Phi) is 1.50. The quantitative estimate of drug-likeness (QED) is 0.605. The fourth-order valence-electron chi connectivity index (χ4n) is 2.77. The standard InChI is InChI=1S/C8H11F3O/c9-8(10,11)7(12)5-1-2-6(7)4-3-5/h5-6,12H,1-4H2. The highest BCUT2D eigenvalue weighted by Crippen LogP contribution is 2.58. The molecule has 0 unspecified atom stereocenters. The van der Waals surface area contributed by atoms with Gasteiger partial charge in [-0.2, -0.15) is 13.2 Å². The van der Waals surface area contributed by atoms with Crippen molar-refractivity contribution in [1.82, 2.24) is 0 Å². The number of hydrogen-bond donors (Lipinski definition) is 1. The molecule has 2 aliphatic carbocycles. The molecule has 1 nitrogen and oxygen atoms in total. The van der Waals surface area contributed by atoms with Crippen LogP contribution >= 0.6 is 0 Å². The first-order valence-corrected chi connectivity index (χ1v) is 4.25. The van der Waals surface area contributed by atoms with Crippen LogP contribution in [0.1, 0.15) is 25.7 Å². The molecule has 4 heteroatoms. The van der Waals surface area contributed by atoms with Crippen molar-refractivity contribution >= 4 is 0 Å². The third-order valence-electron chi connectivity index (χ3n) is 3.43. The summed E-state index contributed by atoms with van der Waals surface area (Å²) < 4.78 is 37.3. The summed E-state index contributed by atoms with van der Waals surface area (Å²) in [6.45, 7) is 0. The normalized spacial score (nSPS) is 47.0. The maximum Gasteiger partial charge on any atom is 0.417 e. The number of rotatable bonds is 0. The van der Waals surface area contributed by atoms with E-state index in [0.29, 0.717) is 25.7 Å². The van der Waals surface area contributed by atoms with Gasteiger partial charge in [0, 0.05) is 0 Å². The number of halogens is 3. The largest absolute Gasteiger partial charge is 0.417 e. The summed E-state index contributed by atoms with van der Waals surface area (Å²) in [5.74, 6) is -1.05. The molecule has 1 N–H and O–H groups in total. The lowest BCUT2D eigenvalue weighted by atomic mass is 9.91. The van der Waals surface area contributed by atoms with E-state index in [1.807, 2.05) is 0 Å². The molecule has 0 heterocycles. The molecule has 0 aromatic heterocycles. The Bertz CT molecular complexity index is 179. The Labute approximate surface area is 68.6 Å². The van der Waals surface area contributed by atoms with Crippen molar-refractivity contribution in [2.75, 3.05) is 0 Å². The van der Waals surface area contributed by atoms with E-state index in [0.717, 1.165) is 0 Å².